The predicted octanol–water partition coefficient (Wildman–Crippen LogP) is 4.11. The van der Waals surface area contributed by atoms with E-state index in [-0.39, 0.29) is 17.1 Å². The van der Waals surface area contributed by atoms with Gasteiger partial charge in [-0.25, -0.2) is 14.0 Å². The minimum Gasteiger partial charge on any atom is -0.496 e. The molecule has 0 amide bonds. The summed E-state index contributed by atoms with van der Waals surface area (Å²) < 4.78 is 23.8. The van der Waals surface area contributed by atoms with E-state index in [0.717, 1.165) is 15.8 Å². The van der Waals surface area contributed by atoms with Gasteiger partial charge in [-0.3, -0.25) is 5.43 Å². The molecule has 4 rings (SSSR count). The Morgan fingerprint density at radius 2 is 1.79 bits per heavy atom. The molecule has 2 aromatic carbocycles. The summed E-state index contributed by atoms with van der Waals surface area (Å²) in [7, 11) is 1.60. The first-order valence-electron chi connectivity index (χ1n) is 8.28. The van der Waals surface area contributed by atoms with Gasteiger partial charge >= 0.3 is 0 Å². The third-order valence-electron chi connectivity index (χ3n) is 3.78. The first-order valence-corrected chi connectivity index (χ1v) is 9.07. The summed E-state index contributed by atoms with van der Waals surface area (Å²) in [4.78, 5) is 8.62. The first-order chi connectivity index (χ1) is 14.1. The Balaban J connectivity index is 1.59. The van der Waals surface area contributed by atoms with Gasteiger partial charge in [-0.2, -0.15) is 10.1 Å². The molecule has 2 aromatic heterocycles. The Hall–Kier alpha value is -3.60. The number of benzene rings is 2. The Bertz CT molecular complexity index is 1180. The van der Waals surface area contributed by atoms with Crippen molar-refractivity contribution >= 4 is 50.8 Å². The number of hydrazone groups is 1. The summed E-state index contributed by atoms with van der Waals surface area (Å²) in [5.74, 6) is 0.997. The minimum atomic E-state index is -0.341. The number of aromatic nitrogens is 4. The van der Waals surface area contributed by atoms with Crippen LogP contribution in [0.1, 0.15) is 5.56 Å². The average molecular weight is 458 g/mol. The third kappa shape index (κ3) is 4.29. The van der Waals surface area contributed by atoms with Crippen molar-refractivity contribution in [2.24, 2.45) is 5.10 Å². The normalized spacial score (nSPS) is 11.1. The maximum absolute atomic E-state index is 13.1. The average Bonchev–Trinajstić information content (AvgIpc) is 3.17. The zero-order chi connectivity index (χ0) is 20.2. The zero-order valence-corrected chi connectivity index (χ0v) is 16.5. The number of rotatable bonds is 6. The van der Waals surface area contributed by atoms with E-state index in [2.05, 4.69) is 56.7 Å². The van der Waals surface area contributed by atoms with Crippen molar-refractivity contribution in [2.75, 3.05) is 17.9 Å². The van der Waals surface area contributed by atoms with Crippen molar-refractivity contribution in [1.82, 2.24) is 20.3 Å². The summed E-state index contributed by atoms with van der Waals surface area (Å²) >= 11 is 3.43. The van der Waals surface area contributed by atoms with Gasteiger partial charge in [-0.05, 0) is 74.3 Å². The van der Waals surface area contributed by atoms with Crippen LogP contribution in [-0.2, 0) is 0 Å². The lowest BCUT2D eigenvalue weighted by atomic mass is 10.2. The summed E-state index contributed by atoms with van der Waals surface area (Å²) in [6, 6.07) is 11.3. The van der Waals surface area contributed by atoms with Crippen LogP contribution in [0.25, 0.3) is 11.3 Å². The molecule has 0 aliphatic rings. The molecule has 11 heteroatoms. The van der Waals surface area contributed by atoms with Gasteiger partial charge in [0.1, 0.15) is 11.6 Å². The lowest BCUT2D eigenvalue weighted by Crippen LogP contribution is -2.03. The number of hydrogen-bond donors (Lipinski definition) is 2. The van der Waals surface area contributed by atoms with Crippen LogP contribution in [-0.4, -0.2) is 33.6 Å². The number of hydrogen-bond acceptors (Lipinski definition) is 9. The summed E-state index contributed by atoms with van der Waals surface area (Å²) in [5.41, 5.74) is 4.72. The van der Waals surface area contributed by atoms with Crippen molar-refractivity contribution < 1.29 is 13.8 Å². The van der Waals surface area contributed by atoms with Crippen LogP contribution in [0, 0.1) is 5.82 Å². The Morgan fingerprint density at radius 3 is 2.48 bits per heavy atom. The van der Waals surface area contributed by atoms with Crippen molar-refractivity contribution in [3.63, 3.8) is 0 Å². The maximum atomic E-state index is 13.1. The molecular formula is C18H13BrFN7O2. The fourth-order valence-electron chi connectivity index (χ4n) is 2.40. The maximum Gasteiger partial charge on any atom is 0.245 e. The number of ether oxygens (including phenoxy) is 1. The van der Waals surface area contributed by atoms with Crippen molar-refractivity contribution in [2.45, 2.75) is 0 Å². The van der Waals surface area contributed by atoms with E-state index in [0.29, 0.717) is 17.3 Å². The minimum absolute atomic E-state index is 0.222. The molecule has 9 nitrogen and oxygen atoms in total. The highest BCUT2D eigenvalue weighted by Crippen LogP contribution is 2.26. The van der Waals surface area contributed by atoms with Crippen LogP contribution < -0.4 is 15.5 Å². The van der Waals surface area contributed by atoms with Crippen LogP contribution in [0.4, 0.5) is 21.7 Å². The van der Waals surface area contributed by atoms with Crippen molar-refractivity contribution in [3.8, 4) is 5.75 Å². The molecule has 0 radical (unpaired) electrons. The summed E-state index contributed by atoms with van der Waals surface area (Å²) in [5, 5.41) is 14.6. The number of nitrogens with one attached hydrogen (secondary N) is 2. The van der Waals surface area contributed by atoms with Crippen molar-refractivity contribution in [3.05, 3.63) is 58.3 Å². The van der Waals surface area contributed by atoms with Crippen LogP contribution >= 0.6 is 15.9 Å². The van der Waals surface area contributed by atoms with Crippen LogP contribution in [0.5, 0.6) is 5.75 Å². The molecule has 0 saturated carbocycles. The largest absolute Gasteiger partial charge is 0.496 e. The van der Waals surface area contributed by atoms with Gasteiger partial charge in [0.25, 0.3) is 0 Å². The molecule has 4 aromatic rings. The van der Waals surface area contributed by atoms with Gasteiger partial charge in [0.2, 0.25) is 11.3 Å². The van der Waals surface area contributed by atoms with E-state index in [4.69, 9.17) is 4.74 Å². The second-order valence-electron chi connectivity index (χ2n) is 5.73. The van der Waals surface area contributed by atoms with Gasteiger partial charge < -0.3 is 10.1 Å². The number of halogens is 2. The lowest BCUT2D eigenvalue weighted by molar-refractivity contribution is 0.314. The molecule has 2 N–H and O–H groups in total. The monoisotopic (exact) mass is 457 g/mol. The SMILES string of the molecule is COc1ccc(/C=N\Nc2nc3nonc3nc2Nc2ccc(F)cc2)cc1Br. The summed E-state index contributed by atoms with van der Waals surface area (Å²) in [6.45, 7) is 0. The molecule has 0 fully saturated rings. The molecule has 0 saturated heterocycles. The Morgan fingerprint density at radius 1 is 1.07 bits per heavy atom. The molecule has 2 heterocycles. The van der Waals surface area contributed by atoms with E-state index < -0.39 is 0 Å². The standard InChI is InChI=1S/C18H13BrFN7O2/c1-28-14-7-2-10(8-13(14)19)9-21-25-16-15(22-12-5-3-11(20)4-6-12)23-17-18(24-16)27-29-26-17/h2-9H,1H3,(H,22,23,26)(H,24,25,27)/b21-9-. The molecule has 0 aliphatic heterocycles. The van der Waals surface area contributed by atoms with Crippen LogP contribution in [0.15, 0.2) is 56.7 Å². The van der Waals surface area contributed by atoms with Crippen molar-refractivity contribution in [1.29, 1.82) is 0 Å². The Labute approximate surface area is 172 Å². The second-order valence-corrected chi connectivity index (χ2v) is 6.58. The number of nitrogens with zero attached hydrogens (tertiary/aromatic N) is 5. The van der Waals surface area contributed by atoms with Crippen LogP contribution in [0.3, 0.4) is 0 Å². The Kier molecular flexibility index (Phi) is 5.29. The zero-order valence-electron chi connectivity index (χ0n) is 14.9. The molecule has 0 bridgehead atoms. The van der Waals surface area contributed by atoms with E-state index in [1.165, 1.54) is 12.1 Å². The van der Waals surface area contributed by atoms with E-state index in [1.807, 2.05) is 18.2 Å². The fraction of sp³-hybridized carbons (Fsp3) is 0.0556. The van der Waals surface area contributed by atoms with E-state index in [9.17, 15) is 4.39 Å². The molecular weight excluding hydrogens is 445 g/mol. The topological polar surface area (TPSA) is 110 Å². The van der Waals surface area contributed by atoms with E-state index in [1.54, 1.807) is 25.5 Å². The molecule has 0 aliphatic carbocycles. The van der Waals surface area contributed by atoms with Crippen LogP contribution in [0.2, 0.25) is 0 Å². The van der Waals surface area contributed by atoms with Gasteiger partial charge in [-0.1, -0.05) is 0 Å². The highest BCUT2D eigenvalue weighted by molar-refractivity contribution is 9.10. The lowest BCUT2D eigenvalue weighted by Gasteiger charge is -2.09. The third-order valence-corrected chi connectivity index (χ3v) is 4.40. The van der Waals surface area contributed by atoms with Gasteiger partial charge in [0.05, 0.1) is 17.8 Å². The molecule has 0 spiro atoms. The highest BCUT2D eigenvalue weighted by Gasteiger charge is 2.13. The molecule has 29 heavy (non-hydrogen) atoms. The first kappa shape index (κ1) is 18.7. The van der Waals surface area contributed by atoms with E-state index >= 15 is 0 Å². The number of fused-ring (bicyclic) bond motifs is 1. The number of anilines is 3. The molecule has 146 valence electrons. The van der Waals surface area contributed by atoms with Gasteiger partial charge in [-0.15, -0.1) is 0 Å². The van der Waals surface area contributed by atoms with Gasteiger partial charge in [0, 0.05) is 5.69 Å². The quantitative estimate of drug-likeness (QED) is 0.328. The smallest absolute Gasteiger partial charge is 0.245 e. The highest BCUT2D eigenvalue weighted by atomic mass is 79.9. The molecule has 0 unspecified atom stereocenters. The predicted molar refractivity (Wildman–Crippen MR) is 109 cm³/mol. The fourth-order valence-corrected chi connectivity index (χ4v) is 2.96. The summed E-state index contributed by atoms with van der Waals surface area (Å²) in [6.07, 6.45) is 1.61. The second kappa shape index (κ2) is 8.19. The van der Waals surface area contributed by atoms with Gasteiger partial charge in [0.15, 0.2) is 11.6 Å². The number of methoxy groups -OCH3 is 1. The molecule has 0 atom stereocenters.